The van der Waals surface area contributed by atoms with E-state index in [0.717, 1.165) is 83.5 Å². The molecule has 0 radical (unpaired) electrons. The van der Waals surface area contributed by atoms with Crippen LogP contribution in [0.2, 0.25) is 0 Å². The summed E-state index contributed by atoms with van der Waals surface area (Å²) >= 11 is 0. The first-order valence-corrected chi connectivity index (χ1v) is 23.4. The van der Waals surface area contributed by atoms with E-state index < -0.39 is 6.10 Å². The molecule has 0 aromatic rings. The van der Waals surface area contributed by atoms with Gasteiger partial charge in [0.25, 0.3) is 0 Å². The topological polar surface area (TPSA) is 78.9 Å². The fourth-order valence-corrected chi connectivity index (χ4v) is 6.19. The Balaban J connectivity index is 4.51. The van der Waals surface area contributed by atoms with Gasteiger partial charge in [-0.2, -0.15) is 0 Å². The zero-order valence-corrected chi connectivity index (χ0v) is 37.1. The minimum Gasteiger partial charge on any atom is -0.462 e. The molecule has 0 N–H and O–H groups in total. The molecule has 0 aromatic heterocycles. The monoisotopic (exact) mass is 795 g/mol. The van der Waals surface area contributed by atoms with E-state index >= 15 is 0 Å². The van der Waals surface area contributed by atoms with Crippen molar-refractivity contribution < 1.29 is 28.6 Å². The van der Waals surface area contributed by atoms with Crippen molar-refractivity contribution in [1.29, 1.82) is 0 Å². The molecule has 6 heteroatoms. The molecule has 1 atom stereocenters. The second-order valence-electron chi connectivity index (χ2n) is 15.3. The molecule has 0 bridgehead atoms. The third-order valence-electron chi connectivity index (χ3n) is 9.71. The average Bonchev–Trinajstić information content (AvgIpc) is 3.21. The molecule has 0 saturated heterocycles. The normalized spacial score (nSPS) is 12.7. The number of ether oxygens (including phenoxy) is 3. The van der Waals surface area contributed by atoms with Gasteiger partial charge in [-0.05, 0) is 77.0 Å². The van der Waals surface area contributed by atoms with E-state index in [-0.39, 0.29) is 37.5 Å². The highest BCUT2D eigenvalue weighted by Crippen LogP contribution is 2.13. The van der Waals surface area contributed by atoms with Crippen LogP contribution in [0.3, 0.4) is 0 Å². The first-order chi connectivity index (χ1) is 28.0. The molecule has 0 saturated carbocycles. The Labute approximate surface area is 351 Å². The number of carbonyl (C=O) groups is 3. The van der Waals surface area contributed by atoms with Crippen LogP contribution in [-0.4, -0.2) is 37.2 Å². The SMILES string of the molecule is CC/C=C\C/C=C\C/C=C\C/C=C\C/C=C\CCC(=O)OCC(COC(=O)CCCCCCCCCCCC)OC(=O)CCCCC/C=C\CCCCCCCC. The zero-order chi connectivity index (χ0) is 41.5. The van der Waals surface area contributed by atoms with Gasteiger partial charge in [-0.3, -0.25) is 14.4 Å². The predicted octanol–water partition coefficient (Wildman–Crippen LogP) is 15.1. The van der Waals surface area contributed by atoms with E-state index in [1.54, 1.807) is 0 Å². The average molecular weight is 795 g/mol. The standard InChI is InChI=1S/C51H86O6/c1-4-7-10-13-16-19-22-24-25-26-28-29-32-35-38-41-44-50(53)56-47-48(46-55-49(52)43-40-37-34-31-21-18-15-12-9-6-3)57-51(54)45-42-39-36-33-30-27-23-20-17-14-11-8-5-2/h7,10,16,19,24-25,27-30,35,38,48H,4-6,8-9,11-15,17-18,20-23,26,31-34,36-37,39-47H2,1-3H3/b10-7-,19-16-,25-24-,29-28-,30-27-,38-35-. The first-order valence-electron chi connectivity index (χ1n) is 23.4. The Bertz CT molecular complexity index is 1100. The number of hydrogen-bond acceptors (Lipinski definition) is 6. The summed E-state index contributed by atoms with van der Waals surface area (Å²) < 4.78 is 16.6. The van der Waals surface area contributed by atoms with Crippen LogP contribution in [-0.2, 0) is 28.6 Å². The molecule has 0 aliphatic heterocycles. The largest absolute Gasteiger partial charge is 0.462 e. The lowest BCUT2D eigenvalue weighted by molar-refractivity contribution is -0.166. The van der Waals surface area contributed by atoms with Crippen molar-refractivity contribution in [1.82, 2.24) is 0 Å². The van der Waals surface area contributed by atoms with Crippen molar-refractivity contribution in [3.63, 3.8) is 0 Å². The van der Waals surface area contributed by atoms with Gasteiger partial charge in [0.05, 0.1) is 0 Å². The maximum atomic E-state index is 12.7. The molecule has 57 heavy (non-hydrogen) atoms. The summed E-state index contributed by atoms with van der Waals surface area (Å²) in [5.74, 6) is -1.01. The van der Waals surface area contributed by atoms with Gasteiger partial charge in [-0.15, -0.1) is 0 Å². The highest BCUT2D eigenvalue weighted by molar-refractivity contribution is 5.71. The van der Waals surface area contributed by atoms with Crippen LogP contribution in [0.1, 0.15) is 213 Å². The molecule has 0 heterocycles. The molecule has 0 aliphatic carbocycles. The minimum atomic E-state index is -0.809. The summed E-state index contributed by atoms with van der Waals surface area (Å²) in [4.78, 5) is 37.7. The fraction of sp³-hybridized carbons (Fsp3) is 0.706. The molecule has 326 valence electrons. The lowest BCUT2D eigenvalue weighted by Crippen LogP contribution is -2.30. The molecule has 0 spiro atoms. The number of hydrogen-bond donors (Lipinski definition) is 0. The molecule has 0 amide bonds. The lowest BCUT2D eigenvalue weighted by atomic mass is 10.1. The van der Waals surface area contributed by atoms with Crippen molar-refractivity contribution in [2.45, 2.75) is 219 Å². The lowest BCUT2D eigenvalue weighted by Gasteiger charge is -2.18. The second-order valence-corrected chi connectivity index (χ2v) is 15.3. The van der Waals surface area contributed by atoms with Crippen molar-refractivity contribution in [2.75, 3.05) is 13.2 Å². The first kappa shape index (κ1) is 53.9. The Morgan fingerprint density at radius 2 is 0.719 bits per heavy atom. The van der Waals surface area contributed by atoms with Crippen LogP contribution in [0, 0.1) is 0 Å². The van der Waals surface area contributed by atoms with E-state index in [9.17, 15) is 14.4 Å². The van der Waals surface area contributed by atoms with E-state index in [0.29, 0.717) is 19.3 Å². The number of unbranched alkanes of at least 4 members (excludes halogenated alkanes) is 18. The van der Waals surface area contributed by atoms with E-state index in [2.05, 4.69) is 81.5 Å². The predicted molar refractivity (Wildman–Crippen MR) is 242 cm³/mol. The number of carbonyl (C=O) groups excluding carboxylic acids is 3. The van der Waals surface area contributed by atoms with Crippen molar-refractivity contribution in [3.8, 4) is 0 Å². The van der Waals surface area contributed by atoms with Crippen LogP contribution in [0.15, 0.2) is 72.9 Å². The quantitative estimate of drug-likeness (QED) is 0.0265. The third-order valence-corrected chi connectivity index (χ3v) is 9.71. The summed E-state index contributed by atoms with van der Waals surface area (Å²) in [6.45, 7) is 6.41. The second kappa shape index (κ2) is 45.6. The zero-order valence-electron chi connectivity index (χ0n) is 37.1. The highest BCUT2D eigenvalue weighted by Gasteiger charge is 2.19. The summed E-state index contributed by atoms with van der Waals surface area (Å²) in [6, 6.07) is 0. The maximum absolute atomic E-state index is 12.7. The Kier molecular flexibility index (Phi) is 43.0. The van der Waals surface area contributed by atoms with Crippen molar-refractivity contribution >= 4 is 17.9 Å². The van der Waals surface area contributed by atoms with Crippen molar-refractivity contribution in [3.05, 3.63) is 72.9 Å². The van der Waals surface area contributed by atoms with Crippen LogP contribution < -0.4 is 0 Å². The molecule has 0 aromatic carbocycles. The summed E-state index contributed by atoms with van der Waals surface area (Å²) in [5.41, 5.74) is 0. The molecule has 0 fully saturated rings. The summed E-state index contributed by atoms with van der Waals surface area (Å²) in [6.07, 6.45) is 56.1. The van der Waals surface area contributed by atoms with Gasteiger partial charge >= 0.3 is 17.9 Å². The van der Waals surface area contributed by atoms with Crippen LogP contribution in [0.5, 0.6) is 0 Å². The number of rotatable bonds is 41. The van der Waals surface area contributed by atoms with Gasteiger partial charge in [-0.1, -0.05) is 190 Å². The Hall–Kier alpha value is -3.15. The Morgan fingerprint density at radius 1 is 0.368 bits per heavy atom. The third kappa shape index (κ3) is 43.8. The van der Waals surface area contributed by atoms with E-state index in [1.165, 1.54) is 83.5 Å². The smallest absolute Gasteiger partial charge is 0.306 e. The fourth-order valence-electron chi connectivity index (χ4n) is 6.19. The molecule has 0 aliphatic rings. The van der Waals surface area contributed by atoms with Gasteiger partial charge in [-0.25, -0.2) is 0 Å². The van der Waals surface area contributed by atoms with Gasteiger partial charge in [0.2, 0.25) is 0 Å². The molecular formula is C51H86O6. The molecule has 6 nitrogen and oxygen atoms in total. The van der Waals surface area contributed by atoms with Gasteiger partial charge < -0.3 is 14.2 Å². The maximum Gasteiger partial charge on any atom is 0.306 e. The molecular weight excluding hydrogens is 709 g/mol. The summed E-state index contributed by atoms with van der Waals surface area (Å²) in [7, 11) is 0. The number of allylic oxidation sites excluding steroid dienone is 12. The van der Waals surface area contributed by atoms with Gasteiger partial charge in [0.15, 0.2) is 6.10 Å². The van der Waals surface area contributed by atoms with Crippen molar-refractivity contribution in [2.24, 2.45) is 0 Å². The van der Waals surface area contributed by atoms with Gasteiger partial charge in [0.1, 0.15) is 13.2 Å². The Morgan fingerprint density at radius 3 is 1.19 bits per heavy atom. The number of esters is 3. The van der Waals surface area contributed by atoms with E-state index in [4.69, 9.17) is 14.2 Å². The highest BCUT2D eigenvalue weighted by atomic mass is 16.6. The van der Waals surface area contributed by atoms with Crippen LogP contribution >= 0.6 is 0 Å². The molecule has 0 rings (SSSR count). The molecule has 1 unspecified atom stereocenters. The van der Waals surface area contributed by atoms with Crippen LogP contribution in [0.25, 0.3) is 0 Å². The van der Waals surface area contributed by atoms with Gasteiger partial charge in [0, 0.05) is 19.3 Å². The van der Waals surface area contributed by atoms with Crippen LogP contribution in [0.4, 0.5) is 0 Å². The summed E-state index contributed by atoms with van der Waals surface area (Å²) in [5, 5.41) is 0. The minimum absolute atomic E-state index is 0.103. The van der Waals surface area contributed by atoms with E-state index in [1.807, 2.05) is 12.2 Å².